The van der Waals surface area contributed by atoms with E-state index in [0.717, 1.165) is 0 Å². The molecule has 2 heteroatoms. The predicted molar refractivity (Wildman–Crippen MR) is 21.2 cm³/mol. The molecule has 0 saturated carbocycles. The van der Waals surface area contributed by atoms with Gasteiger partial charge in [0.1, 0.15) is 0 Å². The van der Waals surface area contributed by atoms with Crippen LogP contribution in [0.2, 0.25) is 5.25 Å². The second-order valence-corrected chi connectivity index (χ2v) is 1.62. The van der Waals surface area contributed by atoms with Crippen molar-refractivity contribution in [3.63, 3.8) is 0 Å². The Morgan fingerprint density at radius 2 is 2.20 bits per heavy atom. The molecule has 1 nitrogen and oxygen atoms in total. The fourth-order valence-electron chi connectivity index (χ4n) is 0. The molecule has 0 aliphatic carbocycles. The van der Waals surface area contributed by atoms with Crippen molar-refractivity contribution in [1.82, 2.24) is 0 Å². The first-order chi connectivity index (χ1) is 2.27. The van der Waals surface area contributed by atoms with E-state index in [2.05, 4.69) is 0 Å². The molecule has 27 valence electrons. The zero-order valence-corrected chi connectivity index (χ0v) is 5.21. The summed E-state index contributed by atoms with van der Waals surface area (Å²) in [6, 6.07) is 0. The molecule has 0 fully saturated rings. The maximum atomic E-state index is 9.81. The van der Waals surface area contributed by atoms with Crippen molar-refractivity contribution >= 4 is 22.3 Å². The van der Waals surface area contributed by atoms with Crippen molar-refractivity contribution < 1.29 is 4.79 Å². The molecule has 0 saturated heterocycles. The molecule has 0 atom stereocenters. The normalized spacial score (nSPS) is 7.60. The minimum absolute atomic E-state index is 0.255. The number of carbonyl (C=O) groups excluding carboxylic acids is 1. The van der Waals surface area contributed by atoms with E-state index in [1.165, 1.54) is 0 Å². The van der Waals surface area contributed by atoms with Gasteiger partial charge in [0.15, 0.2) is 0 Å². The molecule has 0 aromatic carbocycles. The van der Waals surface area contributed by atoms with E-state index in [0.29, 0.717) is 5.25 Å². The third-order valence-corrected chi connectivity index (χ3v) is 1.29. The Bertz CT molecular complexity index is 42.2. The van der Waals surface area contributed by atoms with Gasteiger partial charge >= 0.3 is 39.3 Å². The topological polar surface area (TPSA) is 17.1 Å². The first-order valence-corrected chi connectivity index (χ1v) is 2.89. The van der Waals surface area contributed by atoms with Crippen LogP contribution < -0.4 is 0 Å². The second-order valence-electron chi connectivity index (χ2n) is 0.879. The first-order valence-electron chi connectivity index (χ1n) is 1.41. The van der Waals surface area contributed by atoms with Crippen molar-refractivity contribution in [2.75, 3.05) is 0 Å². The second kappa shape index (κ2) is 2.45. The van der Waals surface area contributed by atoms with Gasteiger partial charge in [0.2, 0.25) is 0 Å². The van der Waals surface area contributed by atoms with Gasteiger partial charge in [-0.15, -0.1) is 0 Å². The molecule has 0 aliphatic rings. The van der Waals surface area contributed by atoms with Gasteiger partial charge in [-0.05, 0) is 0 Å². The monoisotopic (exact) mass is 131 g/mol. The summed E-state index contributed by atoms with van der Waals surface area (Å²) < 4.78 is 0. The Morgan fingerprint density at radius 3 is 2.20 bits per heavy atom. The molecule has 0 rings (SSSR count). The van der Waals surface area contributed by atoms with Crippen LogP contribution in [0.1, 0.15) is 6.92 Å². The summed E-state index contributed by atoms with van der Waals surface area (Å²) in [4.78, 5) is 9.81. The van der Waals surface area contributed by atoms with Crippen LogP contribution in [0.25, 0.3) is 0 Å². The fraction of sp³-hybridized carbons (Fsp3) is 0.667. The maximum absolute atomic E-state index is 9.81. The van der Waals surface area contributed by atoms with E-state index >= 15 is 0 Å². The quantitative estimate of drug-likeness (QED) is 0.462. The third-order valence-electron chi connectivity index (χ3n) is 0.249. The zero-order valence-electron chi connectivity index (χ0n) is 3.12. The van der Waals surface area contributed by atoms with Crippen LogP contribution >= 0.6 is 0 Å². The third kappa shape index (κ3) is 4.21. The molecule has 0 amide bonds. The van der Waals surface area contributed by atoms with E-state index in [4.69, 9.17) is 0 Å². The number of carbonyl (C=O) groups is 1. The molecule has 0 bridgehead atoms. The Hall–Kier alpha value is 0.213. The van der Waals surface area contributed by atoms with Crippen LogP contribution in [0.3, 0.4) is 0 Å². The van der Waals surface area contributed by atoms with Gasteiger partial charge < -0.3 is 0 Å². The molecule has 3 radical (unpaired) electrons. The SMILES string of the molecule is CC(=O)[CH2][Ge]. The molecule has 0 N–H and O–H groups in total. The summed E-state index contributed by atoms with van der Waals surface area (Å²) >= 11 is 1.85. The average Bonchev–Trinajstić information content (AvgIpc) is 1.38. The molecule has 0 heterocycles. The van der Waals surface area contributed by atoms with E-state index < -0.39 is 0 Å². The van der Waals surface area contributed by atoms with Gasteiger partial charge in [-0.3, -0.25) is 0 Å². The summed E-state index contributed by atoms with van der Waals surface area (Å²) in [7, 11) is 0. The van der Waals surface area contributed by atoms with E-state index in [1.807, 2.05) is 16.5 Å². The molecular weight excluding hydrogens is 125 g/mol. The van der Waals surface area contributed by atoms with Crippen molar-refractivity contribution in [2.24, 2.45) is 0 Å². The van der Waals surface area contributed by atoms with Crippen molar-refractivity contribution in [2.45, 2.75) is 12.2 Å². The summed E-state index contributed by atoms with van der Waals surface area (Å²) in [6.07, 6.45) is 0. The minimum atomic E-state index is 0.255. The van der Waals surface area contributed by atoms with Crippen molar-refractivity contribution in [3.05, 3.63) is 0 Å². The van der Waals surface area contributed by atoms with Crippen LogP contribution in [-0.4, -0.2) is 22.3 Å². The summed E-state index contributed by atoms with van der Waals surface area (Å²) in [5.41, 5.74) is 0. The van der Waals surface area contributed by atoms with Crippen LogP contribution in [-0.2, 0) is 4.79 Å². The van der Waals surface area contributed by atoms with Gasteiger partial charge in [-0.2, -0.15) is 0 Å². The Kier molecular flexibility index (Phi) is 2.55. The van der Waals surface area contributed by atoms with Gasteiger partial charge in [-0.1, -0.05) is 0 Å². The van der Waals surface area contributed by atoms with Crippen molar-refractivity contribution in [3.8, 4) is 0 Å². The zero-order chi connectivity index (χ0) is 4.28. The Morgan fingerprint density at radius 1 is 2.00 bits per heavy atom. The van der Waals surface area contributed by atoms with E-state index in [9.17, 15) is 4.79 Å². The van der Waals surface area contributed by atoms with Crippen molar-refractivity contribution in [1.29, 1.82) is 0 Å². The number of rotatable bonds is 1. The Balaban J connectivity index is 2.85. The summed E-state index contributed by atoms with van der Waals surface area (Å²) in [5, 5.41) is 0.667. The Labute approximate surface area is 40.0 Å². The number of hydrogen-bond donors (Lipinski definition) is 0. The molecule has 0 aromatic heterocycles. The average molecular weight is 130 g/mol. The van der Waals surface area contributed by atoms with Gasteiger partial charge in [-0.25, -0.2) is 0 Å². The first kappa shape index (κ1) is 5.21. The molecular formula is C3H5GeO. The van der Waals surface area contributed by atoms with Gasteiger partial charge in [0, 0.05) is 0 Å². The van der Waals surface area contributed by atoms with Crippen LogP contribution in [0, 0.1) is 0 Å². The molecule has 0 aliphatic heterocycles. The van der Waals surface area contributed by atoms with E-state index in [-0.39, 0.29) is 5.78 Å². The standard InChI is InChI=1S/C3H5GeO/c1-3(5)2-4/h2H2,1H3. The van der Waals surface area contributed by atoms with E-state index in [1.54, 1.807) is 6.92 Å². The number of Topliss-reactive ketones (excluding diaryl/α,β-unsaturated/α-hetero) is 1. The molecule has 5 heavy (non-hydrogen) atoms. The van der Waals surface area contributed by atoms with Gasteiger partial charge in [0.25, 0.3) is 0 Å². The molecule has 0 unspecified atom stereocenters. The molecule has 0 aromatic rings. The summed E-state index contributed by atoms with van der Waals surface area (Å²) in [5.74, 6) is 0.255. The predicted octanol–water partition coefficient (Wildman–Crippen LogP) is 0.162. The van der Waals surface area contributed by atoms with Crippen LogP contribution in [0.4, 0.5) is 0 Å². The van der Waals surface area contributed by atoms with Crippen LogP contribution in [0.5, 0.6) is 0 Å². The number of ketones is 1. The summed E-state index contributed by atoms with van der Waals surface area (Å²) in [6.45, 7) is 1.58. The van der Waals surface area contributed by atoms with Gasteiger partial charge in [0.05, 0.1) is 0 Å². The van der Waals surface area contributed by atoms with Crippen LogP contribution in [0.15, 0.2) is 0 Å². The molecule has 0 spiro atoms. The fourth-order valence-corrected chi connectivity index (χ4v) is 0. The number of hydrogen-bond acceptors (Lipinski definition) is 1.